The normalized spacial score (nSPS) is 17.7. The highest BCUT2D eigenvalue weighted by atomic mass is 16.2. The van der Waals surface area contributed by atoms with E-state index < -0.39 is 6.04 Å². The van der Waals surface area contributed by atoms with Crippen LogP contribution in [0.5, 0.6) is 0 Å². The molecular weight excluding hydrogens is 290 g/mol. The Kier molecular flexibility index (Phi) is 6.16. The fourth-order valence-corrected chi connectivity index (χ4v) is 2.88. The topological polar surface area (TPSA) is 75.4 Å². The lowest BCUT2D eigenvalue weighted by Gasteiger charge is -2.26. The molecule has 2 atom stereocenters. The number of nitrogens with zero attached hydrogens (tertiary/aromatic N) is 1. The van der Waals surface area contributed by atoms with Crippen LogP contribution >= 0.6 is 0 Å². The maximum atomic E-state index is 12.7. The van der Waals surface area contributed by atoms with Crippen LogP contribution in [0.3, 0.4) is 0 Å². The van der Waals surface area contributed by atoms with E-state index in [2.05, 4.69) is 12.2 Å². The van der Waals surface area contributed by atoms with Crippen LogP contribution in [0.2, 0.25) is 0 Å². The molecule has 5 nitrogen and oxygen atoms in total. The zero-order chi connectivity index (χ0) is 16.8. The van der Waals surface area contributed by atoms with Crippen LogP contribution in [0.15, 0.2) is 24.3 Å². The number of fused-ring (bicyclic) bond motifs is 1. The fourth-order valence-electron chi connectivity index (χ4n) is 2.88. The van der Waals surface area contributed by atoms with Crippen molar-refractivity contribution in [2.45, 2.75) is 58.0 Å². The summed E-state index contributed by atoms with van der Waals surface area (Å²) < 4.78 is 0. The summed E-state index contributed by atoms with van der Waals surface area (Å²) in [5, 5.41) is 2.95. The third-order valence-corrected chi connectivity index (χ3v) is 4.34. The van der Waals surface area contributed by atoms with Gasteiger partial charge in [-0.2, -0.15) is 0 Å². The van der Waals surface area contributed by atoms with Crippen LogP contribution in [0.25, 0.3) is 0 Å². The van der Waals surface area contributed by atoms with Gasteiger partial charge in [-0.1, -0.05) is 38.5 Å². The molecule has 3 N–H and O–H groups in total. The lowest BCUT2D eigenvalue weighted by Crippen LogP contribution is -2.49. The molecule has 2 rings (SSSR count). The Labute approximate surface area is 138 Å². The minimum atomic E-state index is -0.458. The lowest BCUT2D eigenvalue weighted by atomic mass is 10.1. The number of nitrogens with one attached hydrogen (secondary N) is 1. The zero-order valence-corrected chi connectivity index (χ0v) is 14.0. The maximum Gasteiger partial charge on any atom is 0.243 e. The fraction of sp³-hybridized carbons (Fsp3) is 0.556. The van der Waals surface area contributed by atoms with Crippen molar-refractivity contribution in [3.8, 4) is 0 Å². The Hall–Kier alpha value is -1.88. The summed E-state index contributed by atoms with van der Waals surface area (Å²) in [7, 11) is 0. The molecule has 0 fully saturated rings. The number of hydrogen-bond donors (Lipinski definition) is 2. The maximum absolute atomic E-state index is 12.7. The molecule has 0 bridgehead atoms. The predicted molar refractivity (Wildman–Crippen MR) is 92.2 cm³/mol. The molecule has 1 aromatic rings. The molecule has 0 radical (unpaired) electrons. The van der Waals surface area contributed by atoms with Crippen LogP contribution in [0.1, 0.15) is 45.1 Å². The van der Waals surface area contributed by atoms with Crippen LogP contribution in [-0.4, -0.2) is 30.4 Å². The van der Waals surface area contributed by atoms with E-state index in [0.29, 0.717) is 13.0 Å². The highest BCUT2D eigenvalue weighted by Gasteiger charge is 2.38. The Bertz CT molecular complexity index is 559. The van der Waals surface area contributed by atoms with Crippen molar-refractivity contribution in [1.82, 2.24) is 5.32 Å². The van der Waals surface area contributed by atoms with Crippen molar-refractivity contribution < 1.29 is 9.59 Å². The Morgan fingerprint density at radius 3 is 2.78 bits per heavy atom. The smallest absolute Gasteiger partial charge is 0.243 e. The Morgan fingerprint density at radius 1 is 1.35 bits per heavy atom. The highest BCUT2D eigenvalue weighted by Crippen LogP contribution is 2.32. The second-order valence-electron chi connectivity index (χ2n) is 6.13. The minimum Gasteiger partial charge on any atom is -0.354 e. The second-order valence-corrected chi connectivity index (χ2v) is 6.13. The van der Waals surface area contributed by atoms with Crippen molar-refractivity contribution in [3.63, 3.8) is 0 Å². The van der Waals surface area contributed by atoms with E-state index in [1.807, 2.05) is 31.2 Å². The van der Waals surface area contributed by atoms with Gasteiger partial charge >= 0.3 is 0 Å². The van der Waals surface area contributed by atoms with Crippen molar-refractivity contribution >= 4 is 17.5 Å². The molecule has 1 aromatic carbocycles. The van der Waals surface area contributed by atoms with Gasteiger partial charge in [-0.3, -0.25) is 14.5 Å². The Morgan fingerprint density at radius 2 is 2.09 bits per heavy atom. The molecule has 1 unspecified atom stereocenters. The number of para-hydroxylation sites is 1. The molecule has 0 spiro atoms. The van der Waals surface area contributed by atoms with E-state index in [9.17, 15) is 9.59 Å². The van der Waals surface area contributed by atoms with Gasteiger partial charge in [0.1, 0.15) is 6.04 Å². The number of nitrogens with two attached hydrogens (primary N) is 1. The van der Waals surface area contributed by atoms with Crippen LogP contribution in [-0.2, 0) is 16.0 Å². The standard InChI is InChI=1S/C18H27N3O2/c1-3-5-10-20-18(23)16-11-13-8-6-7-9-15(13)21(16)17(22)12-14(19)4-2/h6-9,14,16H,3-5,10-12,19H2,1-2H3,(H,20,23)/t14?,16-/m0/s1. The van der Waals surface area contributed by atoms with Gasteiger partial charge in [0.15, 0.2) is 0 Å². The number of anilines is 1. The minimum absolute atomic E-state index is 0.0695. The molecular formula is C18H27N3O2. The first-order chi connectivity index (χ1) is 11.1. The summed E-state index contributed by atoms with van der Waals surface area (Å²) in [6.45, 7) is 4.70. The number of rotatable bonds is 7. The van der Waals surface area contributed by atoms with E-state index in [1.54, 1.807) is 4.90 Å². The van der Waals surface area contributed by atoms with Gasteiger partial charge in [-0.05, 0) is 24.5 Å². The van der Waals surface area contributed by atoms with Crippen molar-refractivity contribution in [2.75, 3.05) is 11.4 Å². The van der Waals surface area contributed by atoms with Crippen LogP contribution < -0.4 is 16.0 Å². The molecule has 0 aliphatic carbocycles. The first-order valence-electron chi connectivity index (χ1n) is 8.51. The third kappa shape index (κ3) is 4.10. The summed E-state index contributed by atoms with van der Waals surface area (Å²) >= 11 is 0. The molecule has 0 saturated carbocycles. The van der Waals surface area contributed by atoms with Gasteiger partial charge in [0.05, 0.1) is 0 Å². The average Bonchev–Trinajstić information content (AvgIpc) is 2.94. The number of amides is 2. The molecule has 5 heteroatoms. The van der Waals surface area contributed by atoms with Gasteiger partial charge in [0.2, 0.25) is 11.8 Å². The first kappa shape index (κ1) is 17.5. The molecule has 1 heterocycles. The molecule has 2 amide bonds. The summed E-state index contributed by atoms with van der Waals surface area (Å²) in [5.74, 6) is -0.145. The number of carbonyl (C=O) groups excluding carboxylic acids is 2. The molecule has 1 aliphatic heterocycles. The molecule has 126 valence electrons. The van der Waals surface area contributed by atoms with E-state index in [1.165, 1.54) is 0 Å². The predicted octanol–water partition coefficient (Wildman–Crippen LogP) is 1.99. The lowest BCUT2D eigenvalue weighted by molar-refractivity contribution is -0.126. The number of hydrogen-bond acceptors (Lipinski definition) is 3. The third-order valence-electron chi connectivity index (χ3n) is 4.34. The number of benzene rings is 1. The number of carbonyl (C=O) groups is 2. The van der Waals surface area contributed by atoms with Gasteiger partial charge in [-0.15, -0.1) is 0 Å². The first-order valence-corrected chi connectivity index (χ1v) is 8.51. The van der Waals surface area contributed by atoms with E-state index in [0.717, 1.165) is 30.5 Å². The van der Waals surface area contributed by atoms with Crippen molar-refractivity contribution in [1.29, 1.82) is 0 Å². The largest absolute Gasteiger partial charge is 0.354 e. The summed E-state index contributed by atoms with van der Waals surface area (Å²) in [5.41, 5.74) is 7.82. The summed E-state index contributed by atoms with van der Waals surface area (Å²) in [6, 6.07) is 7.10. The monoisotopic (exact) mass is 317 g/mol. The number of unbranched alkanes of at least 4 members (excludes halogenated alkanes) is 1. The van der Waals surface area contributed by atoms with Gasteiger partial charge in [0.25, 0.3) is 0 Å². The SMILES string of the molecule is CCCCNC(=O)[C@@H]1Cc2ccccc2N1C(=O)CC(N)CC. The molecule has 0 aromatic heterocycles. The quantitative estimate of drug-likeness (QED) is 0.755. The summed E-state index contributed by atoms with van der Waals surface area (Å²) in [6.07, 6.45) is 3.55. The average molecular weight is 317 g/mol. The molecule has 0 saturated heterocycles. The van der Waals surface area contributed by atoms with E-state index in [4.69, 9.17) is 5.73 Å². The van der Waals surface area contributed by atoms with Crippen molar-refractivity contribution in [2.24, 2.45) is 5.73 Å². The Balaban J connectivity index is 2.17. The molecule has 1 aliphatic rings. The van der Waals surface area contributed by atoms with Gasteiger partial charge in [-0.25, -0.2) is 0 Å². The van der Waals surface area contributed by atoms with E-state index >= 15 is 0 Å². The summed E-state index contributed by atoms with van der Waals surface area (Å²) in [4.78, 5) is 26.9. The van der Waals surface area contributed by atoms with Crippen LogP contribution in [0.4, 0.5) is 5.69 Å². The molecule has 23 heavy (non-hydrogen) atoms. The van der Waals surface area contributed by atoms with E-state index in [-0.39, 0.29) is 24.3 Å². The van der Waals surface area contributed by atoms with Gasteiger partial charge < -0.3 is 11.1 Å². The van der Waals surface area contributed by atoms with Crippen molar-refractivity contribution in [3.05, 3.63) is 29.8 Å². The van der Waals surface area contributed by atoms with Crippen LogP contribution in [0, 0.1) is 0 Å². The van der Waals surface area contributed by atoms with Gasteiger partial charge in [0, 0.05) is 31.1 Å². The zero-order valence-electron chi connectivity index (χ0n) is 14.0. The highest BCUT2D eigenvalue weighted by molar-refractivity contribution is 6.03. The second kappa shape index (κ2) is 8.11.